The maximum absolute atomic E-state index is 13.8. The standard InChI is InChI=1S/C30H33N3O5S.C14H17N3O3S/c1-36-27-12-8-23(9-13-27)20-32(21-24-10-14-28(37-2)15-11-24)39(34,35)30-16-17-33(31-30)26-18-29(19-26)38-22-25-6-4-3-5-7-25;15-21(18,19)14-6-7-17(16-14)12-8-13(9-12)20-10-11-4-2-1-3-5-11/h3-17,26,29H,18-22H2,1-2H3;1-7,12-13H,8-10H2,(H2,15,18,19). The number of nitrogens with two attached hydrogens (primary N) is 1. The highest BCUT2D eigenvalue weighted by Crippen LogP contribution is 2.36. The number of ether oxygens (including phenoxy) is 4. The molecule has 0 aliphatic heterocycles. The van der Waals surface area contributed by atoms with Gasteiger partial charge in [-0.3, -0.25) is 9.36 Å². The molecule has 0 spiro atoms. The van der Waals surface area contributed by atoms with Gasteiger partial charge in [-0.05, 0) is 84.3 Å². The second-order valence-electron chi connectivity index (χ2n) is 14.9. The molecule has 6 aromatic rings. The van der Waals surface area contributed by atoms with Crippen molar-refractivity contribution in [2.75, 3.05) is 14.2 Å². The lowest BCUT2D eigenvalue weighted by Gasteiger charge is -2.35. The molecule has 0 atom stereocenters. The molecule has 0 radical (unpaired) electrons. The van der Waals surface area contributed by atoms with Crippen LogP contribution in [0, 0.1) is 0 Å². The molecule has 316 valence electrons. The Morgan fingerprint density at radius 2 is 0.967 bits per heavy atom. The van der Waals surface area contributed by atoms with E-state index in [2.05, 4.69) is 10.2 Å². The molecule has 0 unspecified atom stereocenters. The van der Waals surface area contributed by atoms with Crippen molar-refractivity contribution in [3.05, 3.63) is 156 Å². The average Bonchev–Trinajstić information content (AvgIpc) is 3.93. The van der Waals surface area contributed by atoms with Gasteiger partial charge in [-0.25, -0.2) is 22.0 Å². The van der Waals surface area contributed by atoms with Gasteiger partial charge in [-0.2, -0.15) is 14.5 Å². The molecule has 0 bridgehead atoms. The number of hydrogen-bond donors (Lipinski definition) is 1. The van der Waals surface area contributed by atoms with E-state index in [-0.39, 0.29) is 47.4 Å². The Kier molecular flexibility index (Phi) is 13.8. The predicted octanol–water partition coefficient (Wildman–Crippen LogP) is 6.66. The molecule has 2 N–H and O–H groups in total. The van der Waals surface area contributed by atoms with Gasteiger partial charge in [0.15, 0.2) is 10.1 Å². The van der Waals surface area contributed by atoms with Gasteiger partial charge in [0.1, 0.15) is 11.5 Å². The molecular weight excluding hydrogens is 805 g/mol. The number of hydrogen-bond acceptors (Lipinski definition) is 10. The summed E-state index contributed by atoms with van der Waals surface area (Å²) in [5.41, 5.74) is 3.99. The van der Waals surface area contributed by atoms with Crippen LogP contribution in [-0.2, 0) is 55.8 Å². The maximum atomic E-state index is 13.8. The van der Waals surface area contributed by atoms with E-state index in [1.54, 1.807) is 42.0 Å². The van der Waals surface area contributed by atoms with Gasteiger partial charge in [-0.15, -0.1) is 0 Å². The van der Waals surface area contributed by atoms with Crippen LogP contribution in [0.5, 0.6) is 11.5 Å². The van der Waals surface area contributed by atoms with Crippen molar-refractivity contribution < 1.29 is 35.8 Å². The summed E-state index contributed by atoms with van der Waals surface area (Å²) in [6.45, 7) is 1.57. The first kappa shape index (κ1) is 42.8. The number of methoxy groups -OCH3 is 2. The van der Waals surface area contributed by atoms with Crippen molar-refractivity contribution in [1.82, 2.24) is 23.9 Å². The lowest BCUT2D eigenvalue weighted by atomic mass is 9.89. The molecule has 0 amide bonds. The van der Waals surface area contributed by atoms with E-state index in [4.69, 9.17) is 24.1 Å². The number of nitrogens with zero attached hydrogens (tertiary/aromatic N) is 5. The maximum Gasteiger partial charge on any atom is 0.262 e. The number of aromatic nitrogens is 4. The first-order chi connectivity index (χ1) is 29.0. The van der Waals surface area contributed by atoms with Crippen LogP contribution in [0.2, 0.25) is 0 Å². The molecule has 2 heterocycles. The monoisotopic (exact) mass is 854 g/mol. The largest absolute Gasteiger partial charge is 0.497 e. The number of benzene rings is 4. The molecule has 4 aromatic carbocycles. The van der Waals surface area contributed by atoms with E-state index in [1.807, 2.05) is 109 Å². The molecule has 2 fully saturated rings. The highest BCUT2D eigenvalue weighted by Gasteiger charge is 2.35. The van der Waals surface area contributed by atoms with Crippen LogP contribution in [0.3, 0.4) is 0 Å². The van der Waals surface area contributed by atoms with Gasteiger partial charge in [0.2, 0.25) is 0 Å². The van der Waals surface area contributed by atoms with Crippen LogP contribution in [0.1, 0.15) is 60.0 Å². The quantitative estimate of drug-likeness (QED) is 0.105. The van der Waals surface area contributed by atoms with Gasteiger partial charge in [0.25, 0.3) is 20.0 Å². The van der Waals surface area contributed by atoms with Crippen molar-refractivity contribution in [2.24, 2.45) is 5.14 Å². The Morgan fingerprint density at radius 3 is 1.35 bits per heavy atom. The van der Waals surface area contributed by atoms with Crippen LogP contribution in [-0.4, -0.2) is 67.1 Å². The molecule has 16 heteroatoms. The summed E-state index contributed by atoms with van der Waals surface area (Å²) in [5, 5.41) is 13.5. The fourth-order valence-electron chi connectivity index (χ4n) is 6.92. The summed E-state index contributed by atoms with van der Waals surface area (Å²) in [4.78, 5) is 0. The van der Waals surface area contributed by atoms with Crippen LogP contribution < -0.4 is 14.6 Å². The number of rotatable bonds is 17. The number of primary sulfonamides is 1. The van der Waals surface area contributed by atoms with Gasteiger partial charge in [-0.1, -0.05) is 84.9 Å². The second-order valence-corrected chi connectivity index (χ2v) is 18.3. The molecule has 2 aliphatic carbocycles. The van der Waals surface area contributed by atoms with E-state index < -0.39 is 20.0 Å². The topological polar surface area (TPSA) is 170 Å². The van der Waals surface area contributed by atoms with Crippen molar-refractivity contribution in [2.45, 2.75) is 86.3 Å². The van der Waals surface area contributed by atoms with Gasteiger partial charge >= 0.3 is 0 Å². The van der Waals surface area contributed by atoms with Crippen LogP contribution in [0.25, 0.3) is 0 Å². The Balaban J connectivity index is 0.000000218. The normalized spacial score (nSPS) is 18.8. The summed E-state index contributed by atoms with van der Waals surface area (Å²) in [6, 6.07) is 38.2. The lowest BCUT2D eigenvalue weighted by molar-refractivity contribution is -0.0387. The SMILES string of the molecule is COc1ccc(CN(Cc2ccc(OC)cc2)S(=O)(=O)c2ccn(C3CC(OCc4ccccc4)C3)n2)cc1.NS(=O)(=O)c1ccn(C2CC(OCc3ccccc3)C2)n1. The minimum absolute atomic E-state index is 0.0400. The van der Waals surface area contributed by atoms with Crippen molar-refractivity contribution >= 4 is 20.0 Å². The van der Waals surface area contributed by atoms with E-state index >= 15 is 0 Å². The lowest BCUT2D eigenvalue weighted by Crippen LogP contribution is -2.34. The summed E-state index contributed by atoms with van der Waals surface area (Å²) >= 11 is 0. The molecule has 2 aliphatic rings. The zero-order valence-electron chi connectivity index (χ0n) is 33.6. The van der Waals surface area contributed by atoms with Gasteiger partial charge in [0.05, 0.1) is 51.7 Å². The van der Waals surface area contributed by atoms with Crippen molar-refractivity contribution in [3.63, 3.8) is 0 Å². The highest BCUT2D eigenvalue weighted by molar-refractivity contribution is 7.89. The molecule has 60 heavy (non-hydrogen) atoms. The van der Waals surface area contributed by atoms with Gasteiger partial charge in [0, 0.05) is 25.5 Å². The molecule has 0 saturated heterocycles. The summed E-state index contributed by atoms with van der Waals surface area (Å²) < 4.78 is 77.2. The predicted molar refractivity (Wildman–Crippen MR) is 225 cm³/mol. The minimum Gasteiger partial charge on any atom is -0.497 e. The zero-order valence-corrected chi connectivity index (χ0v) is 35.2. The van der Waals surface area contributed by atoms with Crippen molar-refractivity contribution in [1.29, 1.82) is 0 Å². The van der Waals surface area contributed by atoms with E-state index in [0.29, 0.717) is 24.7 Å². The Bertz CT molecular complexity index is 2440. The Labute approximate surface area is 351 Å². The summed E-state index contributed by atoms with van der Waals surface area (Å²) in [7, 11) is -4.40. The van der Waals surface area contributed by atoms with Crippen LogP contribution in [0.4, 0.5) is 0 Å². The molecule has 8 rings (SSSR count). The van der Waals surface area contributed by atoms with E-state index in [1.165, 1.54) is 10.4 Å². The first-order valence-electron chi connectivity index (χ1n) is 19.7. The smallest absolute Gasteiger partial charge is 0.262 e. The van der Waals surface area contributed by atoms with Crippen molar-refractivity contribution in [3.8, 4) is 11.5 Å². The molecular formula is C44H50N6O8S2. The van der Waals surface area contributed by atoms with Crippen LogP contribution >= 0.6 is 0 Å². The minimum atomic E-state index is -3.88. The van der Waals surface area contributed by atoms with E-state index in [0.717, 1.165) is 47.9 Å². The molecule has 2 aromatic heterocycles. The second kappa shape index (κ2) is 19.4. The average molecular weight is 855 g/mol. The van der Waals surface area contributed by atoms with E-state index in [9.17, 15) is 16.8 Å². The van der Waals surface area contributed by atoms with Gasteiger partial charge < -0.3 is 18.9 Å². The summed E-state index contributed by atoms with van der Waals surface area (Å²) in [5.74, 6) is 1.43. The van der Waals surface area contributed by atoms with Crippen LogP contribution in [0.15, 0.2) is 144 Å². The third kappa shape index (κ3) is 11.1. The number of sulfonamides is 2. The fraction of sp³-hybridized carbons (Fsp3) is 0.318. The molecule has 2 saturated carbocycles. The Hall–Kier alpha value is -5.36. The molecule has 14 nitrogen and oxygen atoms in total. The first-order valence-corrected chi connectivity index (χ1v) is 22.7. The Morgan fingerprint density at radius 1 is 0.567 bits per heavy atom. The zero-order chi connectivity index (χ0) is 42.1. The fourth-order valence-corrected chi connectivity index (χ4v) is 8.71. The summed E-state index contributed by atoms with van der Waals surface area (Å²) in [6.07, 6.45) is 7.00. The third-order valence-electron chi connectivity index (χ3n) is 10.6. The third-order valence-corrected chi connectivity index (χ3v) is 13.1. The highest BCUT2D eigenvalue weighted by atomic mass is 32.2.